The maximum atomic E-state index is 5.29. The summed E-state index contributed by atoms with van der Waals surface area (Å²) in [4.78, 5) is 4.35. The van der Waals surface area contributed by atoms with E-state index in [4.69, 9.17) is 14.0 Å². The summed E-state index contributed by atoms with van der Waals surface area (Å²) < 4.78 is 15.7. The van der Waals surface area contributed by atoms with Crippen LogP contribution in [-0.4, -0.2) is 37.0 Å². The molecule has 0 bridgehead atoms. The molecule has 0 radical (unpaired) electrons. The van der Waals surface area contributed by atoms with Gasteiger partial charge in [-0.3, -0.25) is 0 Å². The van der Waals surface area contributed by atoms with Crippen molar-refractivity contribution in [2.45, 2.75) is 12.8 Å². The van der Waals surface area contributed by atoms with E-state index in [1.54, 1.807) is 7.11 Å². The molecule has 0 spiro atoms. The first kappa shape index (κ1) is 14.6. The fraction of sp³-hybridized carbons (Fsp3) is 0.375. The highest BCUT2D eigenvalue weighted by molar-refractivity contribution is 5.57. The lowest BCUT2D eigenvalue weighted by Crippen LogP contribution is -2.09. The number of ether oxygens (including phenoxy) is 2. The third kappa shape index (κ3) is 3.65. The molecule has 1 aliphatic rings. The zero-order valence-electron chi connectivity index (χ0n) is 12.5. The van der Waals surface area contributed by atoms with Crippen LogP contribution < -0.4 is 10.1 Å². The van der Waals surface area contributed by atoms with Crippen molar-refractivity contribution in [1.82, 2.24) is 10.1 Å². The van der Waals surface area contributed by atoms with E-state index in [9.17, 15) is 0 Å². The third-order valence-electron chi connectivity index (χ3n) is 3.53. The van der Waals surface area contributed by atoms with E-state index in [0.717, 1.165) is 43.9 Å². The molecule has 0 saturated heterocycles. The molecular formula is C16H19N3O3. The van der Waals surface area contributed by atoms with Crippen molar-refractivity contribution in [2.75, 3.05) is 32.2 Å². The van der Waals surface area contributed by atoms with Crippen molar-refractivity contribution in [3.63, 3.8) is 0 Å². The molecule has 0 fully saturated rings. The van der Waals surface area contributed by atoms with Crippen LogP contribution in [0.25, 0.3) is 11.4 Å². The summed E-state index contributed by atoms with van der Waals surface area (Å²) in [7, 11) is 1.63. The van der Waals surface area contributed by atoms with Gasteiger partial charge in [-0.25, -0.2) is 0 Å². The number of hydrogen-bond donors (Lipinski definition) is 1. The number of aromatic nitrogens is 2. The van der Waals surface area contributed by atoms with Gasteiger partial charge in [0, 0.05) is 12.1 Å². The first-order chi connectivity index (χ1) is 10.8. The van der Waals surface area contributed by atoms with Crippen LogP contribution in [0.4, 0.5) is 6.01 Å². The summed E-state index contributed by atoms with van der Waals surface area (Å²) in [5, 5.41) is 7.15. The highest BCUT2D eigenvalue weighted by Gasteiger charge is 2.09. The van der Waals surface area contributed by atoms with Crippen molar-refractivity contribution in [2.24, 2.45) is 0 Å². The first-order valence-corrected chi connectivity index (χ1v) is 7.33. The van der Waals surface area contributed by atoms with E-state index in [2.05, 4.69) is 21.5 Å². The molecule has 1 aromatic heterocycles. The van der Waals surface area contributed by atoms with Gasteiger partial charge in [0.2, 0.25) is 5.82 Å². The fourth-order valence-electron chi connectivity index (χ4n) is 2.30. The highest BCUT2D eigenvalue weighted by Crippen LogP contribution is 2.22. The van der Waals surface area contributed by atoms with Gasteiger partial charge in [-0.1, -0.05) is 28.9 Å². The van der Waals surface area contributed by atoms with Crippen molar-refractivity contribution < 1.29 is 14.0 Å². The molecule has 1 N–H and O–H groups in total. The van der Waals surface area contributed by atoms with E-state index in [-0.39, 0.29) is 0 Å². The predicted molar refractivity (Wildman–Crippen MR) is 82.9 cm³/mol. The lowest BCUT2D eigenvalue weighted by Gasteiger charge is -2.12. The lowest BCUT2D eigenvalue weighted by atomic mass is 10.1. The molecule has 1 aromatic carbocycles. The molecular weight excluding hydrogens is 282 g/mol. The molecule has 0 atom stereocenters. The van der Waals surface area contributed by atoms with Crippen LogP contribution in [0.5, 0.6) is 5.75 Å². The minimum atomic E-state index is 0.436. The summed E-state index contributed by atoms with van der Waals surface area (Å²) in [5.74, 6) is 1.31. The SMILES string of the molecule is COc1cccc(-c2noc(NCCC3=CCOCC3)n2)c1. The Labute approximate surface area is 129 Å². The van der Waals surface area contributed by atoms with Gasteiger partial charge < -0.3 is 19.3 Å². The summed E-state index contributed by atoms with van der Waals surface area (Å²) >= 11 is 0. The zero-order valence-corrected chi connectivity index (χ0v) is 12.5. The second kappa shape index (κ2) is 7.09. The van der Waals surface area contributed by atoms with Crippen LogP contribution in [0.2, 0.25) is 0 Å². The number of hydrogen-bond acceptors (Lipinski definition) is 6. The normalized spacial score (nSPS) is 14.5. The Morgan fingerprint density at radius 2 is 2.32 bits per heavy atom. The van der Waals surface area contributed by atoms with E-state index in [0.29, 0.717) is 11.8 Å². The van der Waals surface area contributed by atoms with Crippen molar-refractivity contribution in [3.8, 4) is 17.1 Å². The number of methoxy groups -OCH3 is 1. The molecule has 3 rings (SSSR count). The molecule has 1 aliphatic heterocycles. The summed E-state index contributed by atoms with van der Waals surface area (Å²) in [6.45, 7) is 2.30. The Morgan fingerprint density at radius 1 is 1.36 bits per heavy atom. The van der Waals surface area contributed by atoms with Crippen LogP contribution in [0, 0.1) is 0 Å². The summed E-state index contributed by atoms with van der Waals surface area (Å²) in [5.41, 5.74) is 2.27. The van der Waals surface area contributed by atoms with Gasteiger partial charge in [-0.2, -0.15) is 4.98 Å². The molecule has 2 heterocycles. The quantitative estimate of drug-likeness (QED) is 0.827. The second-order valence-corrected chi connectivity index (χ2v) is 5.02. The molecule has 0 saturated carbocycles. The number of nitrogens with zero attached hydrogens (tertiary/aromatic N) is 2. The molecule has 6 heteroatoms. The van der Waals surface area contributed by atoms with Crippen LogP contribution in [-0.2, 0) is 4.74 Å². The van der Waals surface area contributed by atoms with E-state index < -0.39 is 0 Å². The minimum Gasteiger partial charge on any atom is -0.497 e. The van der Waals surface area contributed by atoms with Gasteiger partial charge in [-0.15, -0.1) is 0 Å². The second-order valence-electron chi connectivity index (χ2n) is 5.02. The van der Waals surface area contributed by atoms with Crippen molar-refractivity contribution in [1.29, 1.82) is 0 Å². The molecule has 6 nitrogen and oxygen atoms in total. The standard InChI is InChI=1S/C16H19N3O3/c1-20-14-4-2-3-13(11-14)15-18-16(22-19-15)17-8-5-12-6-9-21-10-7-12/h2-4,6,11H,5,7-10H2,1H3,(H,17,18,19). The van der Waals surface area contributed by atoms with Crippen LogP contribution >= 0.6 is 0 Å². The van der Waals surface area contributed by atoms with Gasteiger partial charge >= 0.3 is 6.01 Å². The third-order valence-corrected chi connectivity index (χ3v) is 3.53. The van der Waals surface area contributed by atoms with Crippen LogP contribution in [0.3, 0.4) is 0 Å². The highest BCUT2D eigenvalue weighted by atomic mass is 16.5. The van der Waals surface area contributed by atoms with Crippen molar-refractivity contribution >= 4 is 6.01 Å². The minimum absolute atomic E-state index is 0.436. The van der Waals surface area contributed by atoms with Gasteiger partial charge in [0.15, 0.2) is 0 Å². The molecule has 2 aromatic rings. The Kier molecular flexibility index (Phi) is 4.70. The van der Waals surface area contributed by atoms with Gasteiger partial charge in [0.05, 0.1) is 20.3 Å². The lowest BCUT2D eigenvalue weighted by molar-refractivity contribution is 0.153. The average molecular weight is 301 g/mol. The summed E-state index contributed by atoms with van der Waals surface area (Å²) in [6, 6.07) is 8.01. The topological polar surface area (TPSA) is 69.4 Å². The molecule has 0 amide bonds. The Bertz CT molecular complexity index is 652. The average Bonchev–Trinajstić information content (AvgIpc) is 3.05. The number of nitrogens with one attached hydrogen (secondary N) is 1. The van der Waals surface area contributed by atoms with Crippen LogP contribution in [0.1, 0.15) is 12.8 Å². The predicted octanol–water partition coefficient (Wildman–Crippen LogP) is 2.89. The Morgan fingerprint density at radius 3 is 3.14 bits per heavy atom. The first-order valence-electron chi connectivity index (χ1n) is 7.33. The fourth-order valence-corrected chi connectivity index (χ4v) is 2.30. The van der Waals surface area contributed by atoms with E-state index >= 15 is 0 Å². The Balaban J connectivity index is 1.57. The largest absolute Gasteiger partial charge is 0.497 e. The molecule has 116 valence electrons. The van der Waals surface area contributed by atoms with Gasteiger partial charge in [0.25, 0.3) is 0 Å². The Hall–Kier alpha value is -2.34. The number of benzene rings is 1. The maximum Gasteiger partial charge on any atom is 0.321 e. The van der Waals surface area contributed by atoms with Crippen molar-refractivity contribution in [3.05, 3.63) is 35.9 Å². The van der Waals surface area contributed by atoms with E-state index in [1.807, 2.05) is 24.3 Å². The smallest absolute Gasteiger partial charge is 0.321 e. The maximum absolute atomic E-state index is 5.29. The van der Waals surface area contributed by atoms with Crippen LogP contribution in [0.15, 0.2) is 40.4 Å². The molecule has 0 aliphatic carbocycles. The monoisotopic (exact) mass is 301 g/mol. The van der Waals surface area contributed by atoms with Gasteiger partial charge in [-0.05, 0) is 25.0 Å². The molecule has 22 heavy (non-hydrogen) atoms. The number of anilines is 1. The molecule has 0 unspecified atom stereocenters. The zero-order chi connectivity index (χ0) is 15.2. The van der Waals surface area contributed by atoms with E-state index in [1.165, 1.54) is 5.57 Å². The summed E-state index contributed by atoms with van der Waals surface area (Å²) in [6.07, 6.45) is 4.10. The van der Waals surface area contributed by atoms with Gasteiger partial charge in [0.1, 0.15) is 5.75 Å². The number of rotatable bonds is 6.